The lowest BCUT2D eigenvalue weighted by Crippen LogP contribution is -2.10. The SMILES string of the molecule is CC(C)Cc1cnc([N+](=O)[O-])n1C(C)C. The Hall–Kier alpha value is -1.39. The first-order chi connectivity index (χ1) is 6.93. The van der Waals surface area contributed by atoms with Crippen LogP contribution in [0.1, 0.15) is 39.4 Å². The van der Waals surface area contributed by atoms with Gasteiger partial charge in [-0.3, -0.25) is 0 Å². The molecule has 0 N–H and O–H groups in total. The molecule has 0 aliphatic heterocycles. The van der Waals surface area contributed by atoms with Crippen LogP contribution in [0.3, 0.4) is 0 Å². The third-order valence-electron chi connectivity index (χ3n) is 2.15. The van der Waals surface area contributed by atoms with Gasteiger partial charge in [0, 0.05) is 6.42 Å². The zero-order valence-electron chi connectivity index (χ0n) is 9.60. The Morgan fingerprint density at radius 3 is 2.47 bits per heavy atom. The van der Waals surface area contributed by atoms with Crippen molar-refractivity contribution < 1.29 is 4.92 Å². The smallest absolute Gasteiger partial charge is 0.390 e. The predicted molar refractivity (Wildman–Crippen MR) is 57.8 cm³/mol. The van der Waals surface area contributed by atoms with Crippen LogP contribution in [0.25, 0.3) is 0 Å². The van der Waals surface area contributed by atoms with Crippen LogP contribution < -0.4 is 0 Å². The number of nitrogens with zero attached hydrogens (tertiary/aromatic N) is 3. The number of hydrogen-bond acceptors (Lipinski definition) is 3. The Labute approximate surface area is 89.3 Å². The van der Waals surface area contributed by atoms with Crippen molar-refractivity contribution in [1.82, 2.24) is 9.55 Å². The first-order valence-corrected chi connectivity index (χ1v) is 5.14. The Bertz CT molecular complexity index is 356. The average Bonchev–Trinajstić information content (AvgIpc) is 2.46. The van der Waals surface area contributed by atoms with Crippen molar-refractivity contribution in [3.05, 3.63) is 22.0 Å². The van der Waals surface area contributed by atoms with E-state index in [0.29, 0.717) is 5.92 Å². The van der Waals surface area contributed by atoms with E-state index in [0.717, 1.165) is 12.1 Å². The summed E-state index contributed by atoms with van der Waals surface area (Å²) < 4.78 is 1.69. The van der Waals surface area contributed by atoms with E-state index in [1.54, 1.807) is 10.8 Å². The fourth-order valence-corrected chi connectivity index (χ4v) is 1.65. The highest BCUT2D eigenvalue weighted by Crippen LogP contribution is 2.21. The van der Waals surface area contributed by atoms with Crippen molar-refractivity contribution in [3.8, 4) is 0 Å². The van der Waals surface area contributed by atoms with E-state index in [2.05, 4.69) is 18.8 Å². The predicted octanol–water partition coefficient (Wildman–Crippen LogP) is 2.57. The molecule has 0 radical (unpaired) electrons. The summed E-state index contributed by atoms with van der Waals surface area (Å²) in [6.45, 7) is 8.03. The highest BCUT2D eigenvalue weighted by Gasteiger charge is 2.23. The van der Waals surface area contributed by atoms with E-state index in [1.807, 2.05) is 13.8 Å². The van der Waals surface area contributed by atoms with Crippen LogP contribution in [-0.4, -0.2) is 14.5 Å². The number of rotatable bonds is 4. The van der Waals surface area contributed by atoms with E-state index >= 15 is 0 Å². The third-order valence-corrected chi connectivity index (χ3v) is 2.15. The van der Waals surface area contributed by atoms with Crippen molar-refractivity contribution in [2.24, 2.45) is 5.92 Å². The summed E-state index contributed by atoms with van der Waals surface area (Å²) in [4.78, 5) is 14.2. The van der Waals surface area contributed by atoms with Crippen molar-refractivity contribution in [2.75, 3.05) is 0 Å². The summed E-state index contributed by atoms with van der Waals surface area (Å²) in [5, 5.41) is 10.7. The Morgan fingerprint density at radius 2 is 2.07 bits per heavy atom. The Kier molecular flexibility index (Phi) is 3.44. The van der Waals surface area contributed by atoms with E-state index < -0.39 is 4.92 Å². The van der Waals surface area contributed by atoms with Gasteiger partial charge in [0.05, 0.1) is 6.04 Å². The molecule has 0 spiro atoms. The highest BCUT2D eigenvalue weighted by molar-refractivity contribution is 5.17. The molecule has 0 aliphatic carbocycles. The molecule has 84 valence electrons. The summed E-state index contributed by atoms with van der Waals surface area (Å²) in [5.41, 5.74) is 0.937. The quantitative estimate of drug-likeness (QED) is 0.568. The summed E-state index contributed by atoms with van der Waals surface area (Å²) >= 11 is 0. The molecule has 5 nitrogen and oxygen atoms in total. The largest absolute Gasteiger partial charge is 0.434 e. The van der Waals surface area contributed by atoms with Gasteiger partial charge in [-0.05, 0) is 24.7 Å². The molecule has 0 saturated heterocycles. The normalized spacial score (nSPS) is 11.3. The molecule has 0 bridgehead atoms. The topological polar surface area (TPSA) is 61.0 Å². The van der Waals surface area contributed by atoms with Crippen molar-refractivity contribution in [3.63, 3.8) is 0 Å². The lowest BCUT2D eigenvalue weighted by molar-refractivity contribution is -0.397. The van der Waals surface area contributed by atoms with Crippen LogP contribution in [-0.2, 0) is 6.42 Å². The number of aromatic nitrogens is 2. The van der Waals surface area contributed by atoms with Crippen LogP contribution in [0.15, 0.2) is 6.20 Å². The van der Waals surface area contributed by atoms with Crippen LogP contribution in [0.2, 0.25) is 0 Å². The van der Waals surface area contributed by atoms with Crippen molar-refractivity contribution in [2.45, 2.75) is 40.2 Å². The molecular formula is C10H17N3O2. The van der Waals surface area contributed by atoms with Crippen LogP contribution in [0, 0.1) is 16.0 Å². The fraction of sp³-hybridized carbons (Fsp3) is 0.700. The fourth-order valence-electron chi connectivity index (χ4n) is 1.65. The van der Waals surface area contributed by atoms with Crippen molar-refractivity contribution >= 4 is 5.95 Å². The molecule has 0 unspecified atom stereocenters. The lowest BCUT2D eigenvalue weighted by Gasteiger charge is -2.10. The maximum absolute atomic E-state index is 10.7. The molecule has 0 atom stereocenters. The Balaban J connectivity index is 3.12. The third kappa shape index (κ3) is 2.55. The second-order valence-electron chi connectivity index (χ2n) is 4.37. The first-order valence-electron chi connectivity index (χ1n) is 5.14. The van der Waals surface area contributed by atoms with Gasteiger partial charge in [0.15, 0.2) is 0 Å². The maximum atomic E-state index is 10.7. The Morgan fingerprint density at radius 1 is 1.47 bits per heavy atom. The number of nitro groups is 1. The summed E-state index contributed by atoms with van der Waals surface area (Å²) in [7, 11) is 0. The summed E-state index contributed by atoms with van der Waals surface area (Å²) in [6.07, 6.45) is 2.43. The molecule has 0 amide bonds. The van der Waals surface area contributed by atoms with Crippen molar-refractivity contribution in [1.29, 1.82) is 0 Å². The molecule has 5 heteroatoms. The van der Waals surface area contributed by atoms with Gasteiger partial charge in [0.25, 0.3) is 0 Å². The molecule has 0 aliphatic rings. The molecule has 1 heterocycles. The van der Waals surface area contributed by atoms with Gasteiger partial charge in [-0.15, -0.1) is 0 Å². The maximum Gasteiger partial charge on any atom is 0.434 e. The van der Waals surface area contributed by atoms with Gasteiger partial charge in [-0.25, -0.2) is 4.57 Å². The monoisotopic (exact) mass is 211 g/mol. The van der Waals surface area contributed by atoms with Gasteiger partial charge in [-0.2, -0.15) is 0 Å². The van der Waals surface area contributed by atoms with Gasteiger partial charge < -0.3 is 10.1 Å². The zero-order chi connectivity index (χ0) is 11.6. The highest BCUT2D eigenvalue weighted by atomic mass is 16.6. The molecule has 1 aromatic rings. The zero-order valence-corrected chi connectivity index (χ0v) is 9.60. The molecule has 0 saturated carbocycles. The number of hydrogen-bond donors (Lipinski definition) is 0. The van der Waals surface area contributed by atoms with Gasteiger partial charge in [0.1, 0.15) is 11.9 Å². The molecule has 0 aromatic carbocycles. The molecule has 1 aromatic heterocycles. The minimum absolute atomic E-state index is 0.0550. The van der Waals surface area contributed by atoms with Gasteiger partial charge in [0.2, 0.25) is 0 Å². The molecule has 15 heavy (non-hydrogen) atoms. The minimum Gasteiger partial charge on any atom is -0.390 e. The van der Waals surface area contributed by atoms with Crippen LogP contribution in [0.5, 0.6) is 0 Å². The van der Waals surface area contributed by atoms with E-state index in [4.69, 9.17) is 0 Å². The van der Waals surface area contributed by atoms with Gasteiger partial charge >= 0.3 is 5.95 Å². The average molecular weight is 211 g/mol. The van der Waals surface area contributed by atoms with E-state index in [-0.39, 0.29) is 12.0 Å². The molecule has 0 fully saturated rings. The summed E-state index contributed by atoms with van der Waals surface area (Å²) in [6, 6.07) is 0.0710. The second kappa shape index (κ2) is 4.42. The van der Waals surface area contributed by atoms with Crippen LogP contribution in [0.4, 0.5) is 5.95 Å². The van der Waals surface area contributed by atoms with Crippen LogP contribution >= 0.6 is 0 Å². The minimum atomic E-state index is -0.427. The number of imidazole rings is 1. The van der Waals surface area contributed by atoms with E-state index in [9.17, 15) is 10.1 Å². The second-order valence-corrected chi connectivity index (χ2v) is 4.37. The van der Waals surface area contributed by atoms with E-state index in [1.165, 1.54) is 0 Å². The molecule has 1 rings (SSSR count). The lowest BCUT2D eigenvalue weighted by atomic mass is 10.1. The standard InChI is InChI=1S/C10H17N3O2/c1-7(2)5-9-6-11-10(13(14)15)12(9)8(3)4/h6-8H,5H2,1-4H3. The first kappa shape index (κ1) is 11.7. The molecular weight excluding hydrogens is 194 g/mol. The summed E-state index contributed by atoms with van der Waals surface area (Å²) in [5.74, 6) is 0.416. The van der Waals surface area contributed by atoms with Gasteiger partial charge in [-0.1, -0.05) is 18.8 Å².